The maximum Gasteiger partial charge on any atom is 0.186 e. The molecule has 0 aliphatic carbocycles. The van der Waals surface area contributed by atoms with Crippen molar-refractivity contribution < 1.29 is 9.50 Å². The van der Waals surface area contributed by atoms with E-state index in [-0.39, 0.29) is 18.0 Å². The molecule has 3 aromatic rings. The Bertz CT molecular complexity index is 873. The van der Waals surface area contributed by atoms with Gasteiger partial charge in [0, 0.05) is 24.2 Å². The number of rotatable bonds is 5. The molecule has 0 aliphatic heterocycles. The molecule has 0 amide bonds. The van der Waals surface area contributed by atoms with Gasteiger partial charge in [0.15, 0.2) is 11.6 Å². The fraction of sp³-hybridized carbons (Fsp3) is 0.167. The third-order valence-electron chi connectivity index (χ3n) is 3.70. The van der Waals surface area contributed by atoms with Crippen LogP contribution in [0.2, 0.25) is 5.02 Å². The van der Waals surface area contributed by atoms with Crippen LogP contribution in [0.25, 0.3) is 22.6 Å². The molecule has 25 heavy (non-hydrogen) atoms. The van der Waals surface area contributed by atoms with Gasteiger partial charge >= 0.3 is 0 Å². The smallest absolute Gasteiger partial charge is 0.186 e. The summed E-state index contributed by atoms with van der Waals surface area (Å²) in [5, 5.41) is 18.2. The Balaban J connectivity index is 2.12. The molecule has 0 fully saturated rings. The van der Waals surface area contributed by atoms with Crippen LogP contribution in [0.5, 0.6) is 0 Å². The second-order valence-electron chi connectivity index (χ2n) is 5.44. The molecule has 128 valence electrons. The summed E-state index contributed by atoms with van der Waals surface area (Å²) in [6, 6.07) is 13.4. The van der Waals surface area contributed by atoms with Crippen LogP contribution in [0.1, 0.15) is 0 Å². The van der Waals surface area contributed by atoms with Crippen molar-refractivity contribution in [3.8, 4) is 22.6 Å². The predicted octanol–water partition coefficient (Wildman–Crippen LogP) is 3.43. The molecule has 3 rings (SSSR count). The number of hydrogen-bond donors (Lipinski definition) is 1. The zero-order valence-electron chi connectivity index (χ0n) is 13.5. The van der Waals surface area contributed by atoms with Gasteiger partial charge in [-0.2, -0.15) is 0 Å². The van der Waals surface area contributed by atoms with E-state index in [1.54, 1.807) is 42.3 Å². The molecule has 7 heteroatoms. The molecule has 2 aromatic carbocycles. The molecular weight excluding hydrogens is 343 g/mol. The Kier molecular flexibility index (Phi) is 5.21. The van der Waals surface area contributed by atoms with E-state index in [9.17, 15) is 9.50 Å². The highest BCUT2D eigenvalue weighted by Gasteiger charge is 2.17. The van der Waals surface area contributed by atoms with E-state index >= 15 is 0 Å². The van der Waals surface area contributed by atoms with Gasteiger partial charge in [-0.25, -0.2) is 9.37 Å². The predicted molar refractivity (Wildman–Crippen MR) is 96.0 cm³/mol. The minimum atomic E-state index is -0.417. The Morgan fingerprint density at radius 2 is 1.80 bits per heavy atom. The van der Waals surface area contributed by atoms with Crippen molar-refractivity contribution in [3.05, 3.63) is 59.4 Å². The maximum absolute atomic E-state index is 14.0. The molecule has 0 atom stereocenters. The SMILES string of the molecule is CN(CCO)c1nc(-c2ccccc2F)nnc1-c1ccc(Cl)cc1. The number of aromatic nitrogens is 3. The van der Waals surface area contributed by atoms with Gasteiger partial charge in [-0.3, -0.25) is 0 Å². The highest BCUT2D eigenvalue weighted by Crippen LogP contribution is 2.29. The minimum absolute atomic E-state index is 0.0460. The van der Waals surface area contributed by atoms with Crippen LogP contribution >= 0.6 is 11.6 Å². The maximum atomic E-state index is 14.0. The highest BCUT2D eigenvalue weighted by molar-refractivity contribution is 6.30. The van der Waals surface area contributed by atoms with E-state index in [4.69, 9.17) is 11.6 Å². The Morgan fingerprint density at radius 3 is 2.48 bits per heavy atom. The van der Waals surface area contributed by atoms with Gasteiger partial charge in [-0.15, -0.1) is 10.2 Å². The first kappa shape index (κ1) is 17.3. The van der Waals surface area contributed by atoms with Crippen molar-refractivity contribution in [2.24, 2.45) is 0 Å². The number of nitrogens with zero attached hydrogens (tertiary/aromatic N) is 4. The topological polar surface area (TPSA) is 62.1 Å². The lowest BCUT2D eigenvalue weighted by Crippen LogP contribution is -2.24. The third kappa shape index (κ3) is 3.75. The van der Waals surface area contributed by atoms with Gasteiger partial charge in [0.2, 0.25) is 0 Å². The third-order valence-corrected chi connectivity index (χ3v) is 3.95. The summed E-state index contributed by atoms with van der Waals surface area (Å²) >= 11 is 5.94. The summed E-state index contributed by atoms with van der Waals surface area (Å²) in [4.78, 5) is 6.24. The number of aliphatic hydroxyl groups excluding tert-OH is 1. The first-order valence-corrected chi connectivity index (χ1v) is 8.05. The summed E-state index contributed by atoms with van der Waals surface area (Å²) in [7, 11) is 1.78. The summed E-state index contributed by atoms with van der Waals surface area (Å²) in [5.41, 5.74) is 1.59. The largest absolute Gasteiger partial charge is 0.395 e. The van der Waals surface area contributed by atoms with Gasteiger partial charge in [0.25, 0.3) is 0 Å². The van der Waals surface area contributed by atoms with E-state index < -0.39 is 5.82 Å². The van der Waals surface area contributed by atoms with Gasteiger partial charge in [-0.1, -0.05) is 35.9 Å². The number of aliphatic hydroxyl groups is 1. The minimum Gasteiger partial charge on any atom is -0.395 e. The lowest BCUT2D eigenvalue weighted by atomic mass is 10.1. The van der Waals surface area contributed by atoms with Crippen LogP contribution in [0.15, 0.2) is 48.5 Å². The summed E-state index contributed by atoms with van der Waals surface area (Å²) in [6.45, 7) is 0.311. The second kappa shape index (κ2) is 7.55. The standard InChI is InChI=1S/C18H16ClFN4O/c1-24(10-11-25)18-16(12-6-8-13(19)9-7-12)22-23-17(21-18)14-4-2-3-5-15(14)20/h2-9,25H,10-11H2,1H3. The Labute approximate surface area is 149 Å². The molecule has 5 nitrogen and oxygen atoms in total. The molecule has 0 bridgehead atoms. The van der Waals surface area contributed by atoms with E-state index in [2.05, 4.69) is 15.2 Å². The lowest BCUT2D eigenvalue weighted by molar-refractivity contribution is 0.304. The number of likely N-dealkylation sites (N-methyl/N-ethyl adjacent to an activating group) is 1. The second-order valence-corrected chi connectivity index (χ2v) is 5.88. The molecule has 0 aliphatic rings. The van der Waals surface area contributed by atoms with Crippen LogP contribution in [-0.2, 0) is 0 Å². The fourth-order valence-electron chi connectivity index (χ4n) is 2.39. The van der Waals surface area contributed by atoms with Crippen LogP contribution in [0.3, 0.4) is 0 Å². The Hall–Kier alpha value is -2.57. The quantitative estimate of drug-likeness (QED) is 0.757. The van der Waals surface area contributed by atoms with Gasteiger partial charge < -0.3 is 10.0 Å². The van der Waals surface area contributed by atoms with Gasteiger partial charge in [0.05, 0.1) is 12.2 Å². The molecule has 0 saturated carbocycles. The van der Waals surface area contributed by atoms with Crippen molar-refractivity contribution >= 4 is 17.4 Å². The van der Waals surface area contributed by atoms with Crippen molar-refractivity contribution in [1.82, 2.24) is 15.2 Å². The molecular formula is C18H16ClFN4O. The molecule has 0 saturated heterocycles. The van der Waals surface area contributed by atoms with E-state index in [1.165, 1.54) is 6.07 Å². The fourth-order valence-corrected chi connectivity index (χ4v) is 2.52. The van der Waals surface area contributed by atoms with Crippen LogP contribution in [0.4, 0.5) is 10.2 Å². The summed E-state index contributed by atoms with van der Waals surface area (Å²) < 4.78 is 14.0. The number of halogens is 2. The highest BCUT2D eigenvalue weighted by atomic mass is 35.5. The first-order valence-electron chi connectivity index (χ1n) is 7.67. The summed E-state index contributed by atoms with van der Waals surface area (Å²) in [5.74, 6) is 0.277. The average Bonchev–Trinajstić information content (AvgIpc) is 2.63. The van der Waals surface area contributed by atoms with Crippen LogP contribution in [-0.4, -0.2) is 40.5 Å². The first-order chi connectivity index (χ1) is 12.1. The van der Waals surface area contributed by atoms with E-state index in [0.717, 1.165) is 5.56 Å². The van der Waals surface area contributed by atoms with Gasteiger partial charge in [-0.05, 0) is 24.3 Å². The zero-order valence-corrected chi connectivity index (χ0v) is 14.3. The Morgan fingerprint density at radius 1 is 1.08 bits per heavy atom. The summed E-state index contributed by atoms with van der Waals surface area (Å²) in [6.07, 6.45) is 0. The van der Waals surface area contributed by atoms with E-state index in [0.29, 0.717) is 23.1 Å². The normalized spacial score (nSPS) is 10.7. The van der Waals surface area contributed by atoms with Crippen LogP contribution < -0.4 is 4.90 Å². The molecule has 1 heterocycles. The number of benzene rings is 2. The molecule has 0 radical (unpaired) electrons. The van der Waals surface area contributed by atoms with E-state index in [1.807, 2.05) is 12.1 Å². The van der Waals surface area contributed by atoms with Gasteiger partial charge in [0.1, 0.15) is 11.5 Å². The average molecular weight is 359 g/mol. The zero-order chi connectivity index (χ0) is 17.8. The molecule has 0 unspecified atom stereocenters. The van der Waals surface area contributed by atoms with Crippen molar-refractivity contribution in [2.45, 2.75) is 0 Å². The van der Waals surface area contributed by atoms with Crippen molar-refractivity contribution in [1.29, 1.82) is 0 Å². The van der Waals surface area contributed by atoms with Crippen molar-refractivity contribution in [2.75, 3.05) is 25.1 Å². The van der Waals surface area contributed by atoms with Crippen molar-refractivity contribution in [3.63, 3.8) is 0 Å². The lowest BCUT2D eigenvalue weighted by Gasteiger charge is -2.20. The number of anilines is 1. The molecule has 1 N–H and O–H groups in total. The van der Waals surface area contributed by atoms with Crippen LogP contribution in [0, 0.1) is 5.82 Å². The number of hydrogen-bond acceptors (Lipinski definition) is 5. The molecule has 1 aromatic heterocycles. The monoisotopic (exact) mass is 358 g/mol. The molecule has 0 spiro atoms.